The van der Waals surface area contributed by atoms with Gasteiger partial charge in [0.1, 0.15) is 9.84 Å². The van der Waals surface area contributed by atoms with Crippen LogP contribution in [0.4, 0.5) is 0 Å². The fourth-order valence-electron chi connectivity index (χ4n) is 3.33. The summed E-state index contributed by atoms with van der Waals surface area (Å²) < 4.78 is 50.3. The first-order valence-electron chi connectivity index (χ1n) is 7.64. The van der Waals surface area contributed by atoms with Crippen molar-refractivity contribution in [2.75, 3.05) is 23.9 Å². The van der Waals surface area contributed by atoms with Gasteiger partial charge in [0.15, 0.2) is 0 Å². The summed E-state index contributed by atoms with van der Waals surface area (Å²) in [6.07, 6.45) is 5.48. The molecule has 1 saturated heterocycles. The van der Waals surface area contributed by atoms with Crippen LogP contribution in [0, 0.1) is 0 Å². The van der Waals surface area contributed by atoms with E-state index in [1.165, 1.54) is 0 Å². The van der Waals surface area contributed by atoms with Gasteiger partial charge in [-0.2, -0.15) is 4.31 Å². The minimum absolute atomic E-state index is 0.0176. The molecule has 2 fully saturated rings. The molecule has 0 spiro atoms. The van der Waals surface area contributed by atoms with Gasteiger partial charge in [-0.1, -0.05) is 19.3 Å². The Kier molecular flexibility index (Phi) is 5.96. The van der Waals surface area contributed by atoms with Crippen molar-refractivity contribution in [3.8, 4) is 0 Å². The smallest absolute Gasteiger partial charge is 0.217 e. The monoisotopic (exact) mass is 357 g/mol. The van der Waals surface area contributed by atoms with Gasteiger partial charge in [-0.15, -0.1) is 11.6 Å². The maximum absolute atomic E-state index is 12.9. The summed E-state index contributed by atoms with van der Waals surface area (Å²) in [6.45, 7) is 0.331. The average Bonchev–Trinajstić information content (AvgIpc) is 2.45. The lowest BCUT2D eigenvalue weighted by Crippen LogP contribution is -2.48. The van der Waals surface area contributed by atoms with Crippen molar-refractivity contribution in [1.82, 2.24) is 4.31 Å². The molecule has 1 heterocycles. The summed E-state index contributed by atoms with van der Waals surface area (Å²) in [4.78, 5) is 0. The van der Waals surface area contributed by atoms with Crippen LogP contribution in [0.2, 0.25) is 0 Å². The van der Waals surface area contributed by atoms with Crippen LogP contribution in [-0.2, 0) is 19.9 Å². The van der Waals surface area contributed by atoms with Gasteiger partial charge in [-0.05, 0) is 25.7 Å². The van der Waals surface area contributed by atoms with E-state index in [0.29, 0.717) is 6.54 Å². The molecular formula is C13H24ClNO4S2. The molecule has 1 aliphatic carbocycles. The topological polar surface area (TPSA) is 71.5 Å². The minimum atomic E-state index is -3.45. The van der Waals surface area contributed by atoms with E-state index in [0.717, 1.165) is 32.1 Å². The van der Waals surface area contributed by atoms with Crippen LogP contribution in [0.1, 0.15) is 44.9 Å². The predicted octanol–water partition coefficient (Wildman–Crippen LogP) is 1.77. The van der Waals surface area contributed by atoms with Gasteiger partial charge in [-0.25, -0.2) is 16.8 Å². The molecule has 21 heavy (non-hydrogen) atoms. The summed E-state index contributed by atoms with van der Waals surface area (Å²) in [6, 6.07) is 0.0426. The van der Waals surface area contributed by atoms with Crippen LogP contribution >= 0.6 is 11.6 Å². The van der Waals surface area contributed by atoms with Crippen molar-refractivity contribution in [2.24, 2.45) is 0 Å². The van der Waals surface area contributed by atoms with Crippen LogP contribution in [0.3, 0.4) is 0 Å². The molecule has 2 rings (SSSR count). The quantitative estimate of drug-likeness (QED) is 0.703. The zero-order valence-electron chi connectivity index (χ0n) is 12.2. The van der Waals surface area contributed by atoms with Crippen LogP contribution in [0.25, 0.3) is 0 Å². The van der Waals surface area contributed by atoms with Crippen LogP contribution in [0.15, 0.2) is 0 Å². The maximum Gasteiger partial charge on any atom is 0.217 e. The number of sulfone groups is 1. The fourth-order valence-corrected chi connectivity index (χ4v) is 7.59. The van der Waals surface area contributed by atoms with E-state index in [1.807, 2.05) is 0 Å². The summed E-state index contributed by atoms with van der Waals surface area (Å²) >= 11 is 5.80. The van der Waals surface area contributed by atoms with E-state index < -0.39 is 25.1 Å². The number of hydrogen-bond acceptors (Lipinski definition) is 4. The Morgan fingerprint density at radius 2 is 1.57 bits per heavy atom. The van der Waals surface area contributed by atoms with Gasteiger partial charge in [0.05, 0.1) is 16.8 Å². The Balaban J connectivity index is 2.13. The third kappa shape index (κ3) is 4.33. The minimum Gasteiger partial charge on any atom is -0.229 e. The number of halogens is 1. The van der Waals surface area contributed by atoms with Crippen molar-refractivity contribution < 1.29 is 16.8 Å². The second-order valence-electron chi connectivity index (χ2n) is 5.99. The van der Waals surface area contributed by atoms with Gasteiger partial charge in [0.2, 0.25) is 10.0 Å². The summed E-state index contributed by atoms with van der Waals surface area (Å²) in [5.41, 5.74) is 0. The molecule has 0 aromatic carbocycles. The number of alkyl halides is 1. The highest BCUT2D eigenvalue weighted by atomic mass is 35.5. The molecule has 0 atom stereocenters. The summed E-state index contributed by atoms with van der Waals surface area (Å²) in [5, 5.41) is -0.564. The Morgan fingerprint density at radius 1 is 1.00 bits per heavy atom. The van der Waals surface area contributed by atoms with Gasteiger partial charge < -0.3 is 0 Å². The molecular weight excluding hydrogens is 334 g/mol. The van der Waals surface area contributed by atoms with Crippen LogP contribution in [0.5, 0.6) is 0 Å². The highest BCUT2D eigenvalue weighted by molar-refractivity contribution is 7.92. The lowest BCUT2D eigenvalue weighted by molar-refractivity contribution is 0.259. The Morgan fingerprint density at radius 3 is 2.10 bits per heavy atom. The van der Waals surface area contributed by atoms with Gasteiger partial charge >= 0.3 is 0 Å². The molecule has 0 aromatic heterocycles. The van der Waals surface area contributed by atoms with E-state index in [2.05, 4.69) is 0 Å². The molecule has 0 unspecified atom stereocenters. The largest absolute Gasteiger partial charge is 0.229 e. The second-order valence-corrected chi connectivity index (χ2v) is 10.8. The van der Waals surface area contributed by atoms with Gasteiger partial charge in [0.25, 0.3) is 0 Å². The van der Waals surface area contributed by atoms with E-state index in [1.54, 1.807) is 4.31 Å². The summed E-state index contributed by atoms with van der Waals surface area (Å²) in [7, 11) is -6.50. The summed E-state index contributed by atoms with van der Waals surface area (Å²) in [5.74, 6) is 0.243. The zero-order valence-corrected chi connectivity index (χ0v) is 14.6. The Hall–Kier alpha value is 0.150. The van der Waals surface area contributed by atoms with Crippen molar-refractivity contribution in [3.05, 3.63) is 0 Å². The molecule has 0 radical (unpaired) electrons. The van der Waals surface area contributed by atoms with Crippen molar-refractivity contribution in [3.63, 3.8) is 0 Å². The third-order valence-electron chi connectivity index (χ3n) is 4.54. The molecule has 1 saturated carbocycles. The number of rotatable bonds is 5. The van der Waals surface area contributed by atoms with Crippen molar-refractivity contribution >= 4 is 31.5 Å². The first-order valence-corrected chi connectivity index (χ1v) is 11.5. The SMILES string of the molecule is O=S1(=O)CCC(S(=O)(=O)N(CCCl)C2CCCCC2)CC1. The lowest BCUT2D eigenvalue weighted by Gasteiger charge is -2.36. The Labute approximate surface area is 133 Å². The number of hydrogen-bond donors (Lipinski definition) is 0. The first-order chi connectivity index (χ1) is 9.87. The fraction of sp³-hybridized carbons (Fsp3) is 1.00. The molecule has 2 aliphatic rings. The highest BCUT2D eigenvalue weighted by Gasteiger charge is 2.39. The highest BCUT2D eigenvalue weighted by Crippen LogP contribution is 2.29. The standard InChI is InChI=1S/C13H24ClNO4S2/c14-8-9-15(12-4-2-1-3-5-12)21(18,19)13-6-10-20(16,17)11-7-13/h12-13H,1-11H2. The second kappa shape index (κ2) is 7.15. The van der Waals surface area contributed by atoms with Crippen molar-refractivity contribution in [2.45, 2.75) is 56.2 Å². The normalized spacial score (nSPS) is 25.2. The van der Waals surface area contributed by atoms with Crippen LogP contribution < -0.4 is 0 Å². The van der Waals surface area contributed by atoms with E-state index in [9.17, 15) is 16.8 Å². The lowest BCUT2D eigenvalue weighted by atomic mass is 9.95. The van der Waals surface area contributed by atoms with E-state index in [-0.39, 0.29) is 36.3 Å². The molecule has 0 amide bonds. The van der Waals surface area contributed by atoms with Gasteiger partial charge in [-0.3, -0.25) is 0 Å². The molecule has 124 valence electrons. The third-order valence-corrected chi connectivity index (χ3v) is 8.87. The molecule has 5 nitrogen and oxygen atoms in total. The predicted molar refractivity (Wildman–Crippen MR) is 84.9 cm³/mol. The van der Waals surface area contributed by atoms with E-state index in [4.69, 9.17) is 11.6 Å². The Bertz CT molecular complexity index is 527. The molecule has 1 aliphatic heterocycles. The van der Waals surface area contributed by atoms with Crippen LogP contribution in [-0.4, -0.2) is 56.4 Å². The zero-order chi connectivity index (χ0) is 15.5. The van der Waals surface area contributed by atoms with E-state index >= 15 is 0 Å². The molecule has 0 aromatic rings. The molecule has 0 N–H and O–H groups in total. The average molecular weight is 358 g/mol. The molecule has 8 heteroatoms. The van der Waals surface area contributed by atoms with Gasteiger partial charge in [0, 0.05) is 18.5 Å². The maximum atomic E-state index is 12.9. The number of sulfonamides is 1. The number of nitrogens with zero attached hydrogens (tertiary/aromatic N) is 1. The van der Waals surface area contributed by atoms with Crippen molar-refractivity contribution in [1.29, 1.82) is 0 Å². The first kappa shape index (κ1) is 17.5. The molecule has 0 bridgehead atoms.